The number of nitrogens with zero attached hydrogens (tertiary/aromatic N) is 1. The minimum absolute atomic E-state index is 0. The summed E-state index contributed by atoms with van der Waals surface area (Å²) in [5, 5.41) is 19.9. The van der Waals surface area contributed by atoms with Gasteiger partial charge in [0.15, 0.2) is 0 Å². The van der Waals surface area contributed by atoms with Gasteiger partial charge in [-0.2, -0.15) is 8.42 Å². The Balaban J connectivity index is -0.00000450. The first kappa shape index (κ1) is 38.3. The number of rotatable bonds is 22. The molecule has 0 aliphatic heterocycles. The summed E-state index contributed by atoms with van der Waals surface area (Å²) in [7, 11) is -4.89. The molecule has 1 atom stereocenters. The van der Waals surface area contributed by atoms with Gasteiger partial charge in [0.25, 0.3) is 10.1 Å². The third kappa shape index (κ3) is 25.7. The minimum Gasteiger partial charge on any atom is -0.862 e. The van der Waals surface area contributed by atoms with Crippen molar-refractivity contribution in [3.05, 3.63) is 0 Å². The van der Waals surface area contributed by atoms with Crippen LogP contribution in [0.5, 0.6) is 0 Å². The zero-order valence-corrected chi connectivity index (χ0v) is 25.9. The van der Waals surface area contributed by atoms with Gasteiger partial charge >= 0.3 is 59.1 Å². The van der Waals surface area contributed by atoms with Crippen molar-refractivity contribution in [2.45, 2.75) is 108 Å². The van der Waals surface area contributed by atoms with E-state index in [1.807, 2.05) is 0 Å². The zero-order chi connectivity index (χ0) is 23.4. The summed E-state index contributed by atoms with van der Waals surface area (Å²) in [6, 6.07) is 0. The topological polar surface area (TPSA) is 139 Å². The van der Waals surface area contributed by atoms with E-state index in [0.717, 1.165) is 12.8 Å². The number of carbonyl (C=O) groups is 1. The molecule has 0 aromatic rings. The Hall–Kier alpha value is 0.810. The number of hydrogen-bond donors (Lipinski definition) is 1. The average Bonchev–Trinajstić information content (AvgIpc) is 2.70. The number of aliphatic carboxylic acids is 1. The van der Waals surface area contributed by atoms with Gasteiger partial charge in [0.05, 0.1) is 5.97 Å². The fourth-order valence-electron chi connectivity index (χ4n) is 3.23. The molecular weight excluding hydrogens is 468 g/mol. The van der Waals surface area contributed by atoms with Crippen LogP contribution in [0, 0.1) is 0 Å². The molecule has 33 heavy (non-hydrogen) atoms. The van der Waals surface area contributed by atoms with Crippen molar-refractivity contribution in [3.63, 3.8) is 0 Å². The first-order valence-electron chi connectivity index (χ1n) is 11.7. The quantitative estimate of drug-likeness (QED) is 0.0529. The minimum atomic E-state index is -4.89. The maximum Gasteiger partial charge on any atom is 1.00 e. The molecule has 0 aromatic heterocycles. The average molecular weight is 510 g/mol. The maximum atomic E-state index is 11.5. The molecule has 0 aliphatic rings. The van der Waals surface area contributed by atoms with Crippen LogP contribution in [-0.2, 0) is 19.6 Å². The number of unbranched alkanes of at least 4 members (excludes halogenated alkanes) is 12. The Morgan fingerprint density at radius 3 is 1.67 bits per heavy atom. The van der Waals surface area contributed by atoms with Crippen molar-refractivity contribution in [2.24, 2.45) is 4.99 Å². The van der Waals surface area contributed by atoms with Crippen LogP contribution >= 0.6 is 0 Å². The fraction of sp³-hybridized carbons (Fsp3) is 0.909. The first-order chi connectivity index (χ1) is 14.8. The van der Waals surface area contributed by atoms with Crippen LogP contribution in [0.1, 0.15) is 103 Å². The van der Waals surface area contributed by atoms with Crippen LogP contribution in [0.25, 0.3) is 0 Å². The van der Waals surface area contributed by atoms with Crippen molar-refractivity contribution < 1.29 is 91.8 Å². The standard InChI is InChI=1S/C22H43NO7S.2Na/c1-2-3-4-5-6-7-8-9-10-11-12-13-14-17-30-18-15-16-23-21(24)19-20(22(25)26)31(27,28)29;;/h20H,2-19H2,1H3,(H,23,24)(H,25,26)(H,27,28,29);;/q;2*+1/p-2. The van der Waals surface area contributed by atoms with Crippen LogP contribution in [0.15, 0.2) is 4.99 Å². The molecule has 8 nitrogen and oxygen atoms in total. The predicted molar refractivity (Wildman–Crippen MR) is 118 cm³/mol. The van der Waals surface area contributed by atoms with E-state index in [9.17, 15) is 23.4 Å². The molecule has 0 rings (SSSR count). The van der Waals surface area contributed by atoms with Gasteiger partial charge in [0.1, 0.15) is 5.25 Å². The molecule has 184 valence electrons. The van der Waals surface area contributed by atoms with Gasteiger partial charge in [-0.3, -0.25) is 4.55 Å². The second-order valence-electron chi connectivity index (χ2n) is 8.01. The van der Waals surface area contributed by atoms with E-state index < -0.39 is 33.7 Å². The molecule has 0 amide bonds. The fourth-order valence-corrected chi connectivity index (χ4v) is 3.82. The van der Waals surface area contributed by atoms with E-state index in [1.54, 1.807) is 0 Å². The molecule has 0 saturated carbocycles. The number of aliphatic imine (C=N–C) groups is 1. The Bertz CT molecular complexity index is 589. The van der Waals surface area contributed by atoms with Gasteiger partial charge in [-0.05, 0) is 25.2 Å². The van der Waals surface area contributed by atoms with E-state index in [0.29, 0.717) is 19.6 Å². The van der Waals surface area contributed by atoms with Crippen molar-refractivity contribution in [1.82, 2.24) is 0 Å². The molecule has 0 bridgehead atoms. The van der Waals surface area contributed by atoms with E-state index in [1.165, 1.54) is 70.6 Å². The molecule has 0 radical (unpaired) electrons. The van der Waals surface area contributed by atoms with Gasteiger partial charge in [-0.15, -0.1) is 0 Å². The summed E-state index contributed by atoms with van der Waals surface area (Å²) in [4.78, 5) is 14.2. The SMILES string of the molecule is CCCCCCCCCCCCCCCOCCCN=C([O-])CC(C(=O)[O-])S(=O)(=O)O.[Na+].[Na+]. The summed E-state index contributed by atoms with van der Waals surface area (Å²) in [6.07, 6.45) is 16.4. The smallest absolute Gasteiger partial charge is 0.862 e. The number of ether oxygens (including phenoxy) is 1. The zero-order valence-electron chi connectivity index (χ0n) is 21.1. The third-order valence-corrected chi connectivity index (χ3v) is 6.19. The van der Waals surface area contributed by atoms with E-state index >= 15 is 0 Å². The monoisotopic (exact) mass is 509 g/mol. The molecule has 11 heteroatoms. The molecule has 0 saturated heterocycles. The predicted octanol–water partition coefficient (Wildman–Crippen LogP) is -3.35. The summed E-state index contributed by atoms with van der Waals surface area (Å²) in [5.74, 6) is -2.92. The van der Waals surface area contributed by atoms with E-state index in [2.05, 4.69) is 11.9 Å². The Morgan fingerprint density at radius 2 is 1.24 bits per heavy atom. The Kier molecular flexibility index (Phi) is 30.1. The second kappa shape index (κ2) is 25.9. The molecule has 0 fully saturated rings. The first-order valence-corrected chi connectivity index (χ1v) is 13.2. The summed E-state index contributed by atoms with van der Waals surface area (Å²) in [5.41, 5.74) is 0. The molecule has 0 heterocycles. The summed E-state index contributed by atoms with van der Waals surface area (Å²) >= 11 is 0. The third-order valence-electron chi connectivity index (χ3n) is 5.11. The van der Waals surface area contributed by atoms with Crippen LogP contribution in [-0.4, -0.2) is 49.8 Å². The van der Waals surface area contributed by atoms with Gasteiger partial charge in [0.2, 0.25) is 0 Å². The Morgan fingerprint density at radius 1 is 0.818 bits per heavy atom. The molecule has 0 aliphatic carbocycles. The van der Waals surface area contributed by atoms with Crippen LogP contribution in [0.2, 0.25) is 0 Å². The molecule has 0 aromatic carbocycles. The van der Waals surface area contributed by atoms with Crippen molar-refractivity contribution in [2.75, 3.05) is 19.8 Å². The number of carboxylic acids is 1. The number of carbonyl (C=O) groups excluding carboxylic acids is 1. The normalized spacial score (nSPS) is 12.6. The molecule has 1 N–H and O–H groups in total. The molecular formula is C22H41NNa2O7S. The van der Waals surface area contributed by atoms with Crippen molar-refractivity contribution in [3.8, 4) is 0 Å². The van der Waals surface area contributed by atoms with Crippen LogP contribution in [0.3, 0.4) is 0 Å². The van der Waals surface area contributed by atoms with E-state index in [4.69, 9.17) is 9.29 Å². The van der Waals surface area contributed by atoms with Crippen LogP contribution in [0.4, 0.5) is 0 Å². The van der Waals surface area contributed by atoms with Gasteiger partial charge in [-0.1, -0.05) is 84.0 Å². The van der Waals surface area contributed by atoms with E-state index in [-0.39, 0.29) is 65.7 Å². The molecule has 0 spiro atoms. The maximum absolute atomic E-state index is 11.5. The van der Waals surface area contributed by atoms with Gasteiger partial charge in [0, 0.05) is 19.8 Å². The van der Waals surface area contributed by atoms with Gasteiger partial charge < -0.3 is 24.7 Å². The summed E-state index contributed by atoms with van der Waals surface area (Å²) < 4.78 is 36.0. The Labute approximate surface area is 245 Å². The van der Waals surface area contributed by atoms with Crippen molar-refractivity contribution >= 4 is 22.0 Å². The van der Waals surface area contributed by atoms with Crippen LogP contribution < -0.4 is 69.3 Å². The second-order valence-corrected chi connectivity index (χ2v) is 9.61. The van der Waals surface area contributed by atoms with Crippen molar-refractivity contribution in [1.29, 1.82) is 0 Å². The number of hydrogen-bond acceptors (Lipinski definition) is 7. The number of carboxylic acid groups (broad SMARTS) is 1. The largest absolute Gasteiger partial charge is 1.00 e. The van der Waals surface area contributed by atoms with Gasteiger partial charge in [-0.25, -0.2) is 0 Å². The summed E-state index contributed by atoms with van der Waals surface area (Å²) in [6.45, 7) is 3.44. The molecule has 1 unspecified atom stereocenters.